The highest BCUT2D eigenvalue weighted by Crippen LogP contribution is 2.22. The molecule has 0 spiro atoms. The quantitative estimate of drug-likeness (QED) is 0.877. The molecule has 5 nitrogen and oxygen atoms in total. The minimum absolute atomic E-state index is 0.00203. The smallest absolute Gasteiger partial charge is 0.319 e. The molecule has 0 radical (unpaired) electrons. The molecule has 0 aliphatic carbocycles. The number of anilines is 1. The molecule has 1 fully saturated rings. The summed E-state index contributed by atoms with van der Waals surface area (Å²) < 4.78 is 22.6. The van der Waals surface area contributed by atoms with E-state index in [1.807, 2.05) is 13.0 Å². The number of carbonyl (C=O) groups is 1. The Morgan fingerprint density at radius 2 is 2.16 bits per heavy atom. The monoisotopic (exact) mass is 302 g/mol. The lowest BCUT2D eigenvalue weighted by Crippen LogP contribution is -2.38. The van der Waals surface area contributed by atoms with E-state index in [1.165, 1.54) is 0 Å². The highest BCUT2D eigenvalue weighted by Gasteiger charge is 2.28. The summed E-state index contributed by atoms with van der Waals surface area (Å²) in [5.41, 5.74) is 1.50. The number of carbonyl (C=O) groups excluding carboxylic acids is 1. The molecule has 1 unspecified atom stereocenters. The average molecular weight is 303 g/mol. The van der Waals surface area contributed by atoms with Crippen LogP contribution in [0.1, 0.15) is 12.0 Å². The highest BCUT2D eigenvalue weighted by molar-refractivity contribution is 7.91. The summed E-state index contributed by atoms with van der Waals surface area (Å²) in [5.74, 6) is 0.130. The van der Waals surface area contributed by atoms with Gasteiger partial charge in [0.15, 0.2) is 9.84 Å². The summed E-state index contributed by atoms with van der Waals surface area (Å²) >= 11 is 6.00. The van der Waals surface area contributed by atoms with Gasteiger partial charge in [-0.25, -0.2) is 13.2 Å². The molecule has 1 saturated heterocycles. The molecular formula is C12H15ClN2O3S. The Morgan fingerprint density at radius 3 is 2.74 bits per heavy atom. The number of benzene rings is 1. The first kappa shape index (κ1) is 14.1. The number of aryl methyl sites for hydroxylation is 1. The van der Waals surface area contributed by atoms with E-state index < -0.39 is 15.9 Å². The fourth-order valence-electron chi connectivity index (χ4n) is 1.97. The minimum atomic E-state index is -3.00. The van der Waals surface area contributed by atoms with E-state index in [0.717, 1.165) is 5.56 Å². The summed E-state index contributed by atoms with van der Waals surface area (Å²) in [6.07, 6.45) is 0.456. The molecule has 2 rings (SSSR count). The molecular weight excluding hydrogens is 288 g/mol. The van der Waals surface area contributed by atoms with Crippen molar-refractivity contribution in [3.05, 3.63) is 28.8 Å². The molecule has 7 heteroatoms. The van der Waals surface area contributed by atoms with Crippen molar-refractivity contribution in [2.45, 2.75) is 19.4 Å². The van der Waals surface area contributed by atoms with Crippen molar-refractivity contribution in [1.29, 1.82) is 0 Å². The van der Waals surface area contributed by atoms with Gasteiger partial charge in [-0.05, 0) is 31.0 Å². The van der Waals surface area contributed by atoms with Crippen LogP contribution in [0, 0.1) is 6.92 Å². The van der Waals surface area contributed by atoms with Crippen LogP contribution in [0.2, 0.25) is 5.02 Å². The predicted octanol–water partition coefficient (Wildman–Crippen LogP) is 1.96. The standard InChI is InChI=1S/C12H15ClN2O3S/c1-8-2-3-11(10(13)6-8)15-12(16)14-9-4-5-19(17,18)7-9/h2-3,6,9H,4-5,7H2,1H3,(H2,14,15,16). The van der Waals surface area contributed by atoms with Gasteiger partial charge in [-0.2, -0.15) is 0 Å². The maximum atomic E-state index is 11.7. The second-order valence-corrected chi connectivity index (χ2v) is 7.32. The second kappa shape index (κ2) is 5.38. The summed E-state index contributed by atoms with van der Waals surface area (Å²) in [6.45, 7) is 1.90. The van der Waals surface area contributed by atoms with Gasteiger partial charge in [0.2, 0.25) is 0 Å². The third-order valence-electron chi connectivity index (χ3n) is 2.94. The highest BCUT2D eigenvalue weighted by atomic mass is 35.5. The van der Waals surface area contributed by atoms with Gasteiger partial charge in [-0.15, -0.1) is 0 Å². The van der Waals surface area contributed by atoms with E-state index in [1.54, 1.807) is 12.1 Å². The van der Waals surface area contributed by atoms with E-state index in [0.29, 0.717) is 17.1 Å². The zero-order valence-corrected chi connectivity index (χ0v) is 12.0. The van der Waals surface area contributed by atoms with Crippen molar-refractivity contribution in [3.8, 4) is 0 Å². The summed E-state index contributed by atoms with van der Waals surface area (Å²) in [7, 11) is -3.00. The average Bonchev–Trinajstić information content (AvgIpc) is 2.62. The van der Waals surface area contributed by atoms with E-state index in [4.69, 9.17) is 11.6 Å². The molecule has 1 aliphatic heterocycles. The number of amides is 2. The van der Waals surface area contributed by atoms with Gasteiger partial charge in [0.05, 0.1) is 22.2 Å². The lowest BCUT2D eigenvalue weighted by Gasteiger charge is -2.13. The molecule has 1 aromatic carbocycles. The molecule has 1 heterocycles. The van der Waals surface area contributed by atoms with Gasteiger partial charge < -0.3 is 10.6 Å². The number of sulfone groups is 1. The number of rotatable bonds is 2. The van der Waals surface area contributed by atoms with Crippen LogP contribution >= 0.6 is 11.6 Å². The molecule has 0 aromatic heterocycles. The van der Waals surface area contributed by atoms with Crippen molar-refractivity contribution in [2.24, 2.45) is 0 Å². The van der Waals surface area contributed by atoms with Crippen molar-refractivity contribution in [2.75, 3.05) is 16.8 Å². The zero-order valence-electron chi connectivity index (χ0n) is 10.4. The third kappa shape index (κ3) is 3.84. The predicted molar refractivity (Wildman–Crippen MR) is 75.4 cm³/mol. The largest absolute Gasteiger partial charge is 0.334 e. The molecule has 104 valence electrons. The first-order chi connectivity index (χ1) is 8.85. The zero-order chi connectivity index (χ0) is 14.0. The van der Waals surface area contributed by atoms with Crippen molar-refractivity contribution < 1.29 is 13.2 Å². The number of urea groups is 1. The van der Waals surface area contributed by atoms with Gasteiger partial charge in [-0.3, -0.25) is 0 Å². The molecule has 0 bridgehead atoms. The summed E-state index contributed by atoms with van der Waals surface area (Å²) in [6, 6.07) is 4.53. The lowest BCUT2D eigenvalue weighted by molar-refractivity contribution is 0.249. The Bertz CT molecular complexity index is 601. The maximum absolute atomic E-state index is 11.7. The number of nitrogens with one attached hydrogen (secondary N) is 2. The Morgan fingerprint density at radius 1 is 1.42 bits per heavy atom. The first-order valence-electron chi connectivity index (χ1n) is 5.90. The molecule has 1 aromatic rings. The van der Waals surface area contributed by atoms with Crippen LogP contribution in [0.15, 0.2) is 18.2 Å². The van der Waals surface area contributed by atoms with Crippen LogP contribution in [-0.4, -0.2) is 32.0 Å². The van der Waals surface area contributed by atoms with Gasteiger partial charge >= 0.3 is 6.03 Å². The molecule has 1 aliphatic rings. The molecule has 0 saturated carbocycles. The van der Waals surface area contributed by atoms with Crippen LogP contribution in [0.25, 0.3) is 0 Å². The van der Waals surface area contributed by atoms with Gasteiger partial charge in [0.25, 0.3) is 0 Å². The van der Waals surface area contributed by atoms with Crippen molar-refractivity contribution in [1.82, 2.24) is 5.32 Å². The molecule has 2 amide bonds. The fourth-order valence-corrected chi connectivity index (χ4v) is 3.93. The fraction of sp³-hybridized carbons (Fsp3) is 0.417. The van der Waals surface area contributed by atoms with Crippen LogP contribution in [0.5, 0.6) is 0 Å². The van der Waals surface area contributed by atoms with E-state index in [9.17, 15) is 13.2 Å². The summed E-state index contributed by atoms with van der Waals surface area (Å²) in [4.78, 5) is 11.7. The molecule has 1 atom stereocenters. The van der Waals surface area contributed by atoms with Crippen molar-refractivity contribution >= 4 is 33.2 Å². The number of hydrogen-bond acceptors (Lipinski definition) is 3. The minimum Gasteiger partial charge on any atom is -0.334 e. The van der Waals surface area contributed by atoms with Crippen molar-refractivity contribution in [3.63, 3.8) is 0 Å². The van der Waals surface area contributed by atoms with Gasteiger partial charge in [0.1, 0.15) is 0 Å². The molecule has 19 heavy (non-hydrogen) atoms. The van der Waals surface area contributed by atoms with E-state index in [2.05, 4.69) is 10.6 Å². The molecule has 2 N–H and O–H groups in total. The van der Waals surface area contributed by atoms with E-state index >= 15 is 0 Å². The topological polar surface area (TPSA) is 75.3 Å². The van der Waals surface area contributed by atoms with Crippen LogP contribution < -0.4 is 10.6 Å². The Labute approximate surface area is 117 Å². The number of hydrogen-bond donors (Lipinski definition) is 2. The van der Waals surface area contributed by atoms with Gasteiger partial charge in [0, 0.05) is 6.04 Å². The summed E-state index contributed by atoms with van der Waals surface area (Å²) in [5, 5.41) is 5.70. The second-order valence-electron chi connectivity index (χ2n) is 4.68. The maximum Gasteiger partial charge on any atom is 0.319 e. The Balaban J connectivity index is 1.95. The SMILES string of the molecule is Cc1ccc(NC(=O)NC2CCS(=O)(=O)C2)c(Cl)c1. The first-order valence-corrected chi connectivity index (χ1v) is 8.10. The Kier molecular flexibility index (Phi) is 4.01. The third-order valence-corrected chi connectivity index (χ3v) is 5.02. The Hall–Kier alpha value is -1.27. The van der Waals surface area contributed by atoms with Crippen LogP contribution in [-0.2, 0) is 9.84 Å². The number of halogens is 1. The van der Waals surface area contributed by atoms with Gasteiger partial charge in [-0.1, -0.05) is 17.7 Å². The normalized spacial score (nSPS) is 21.1. The lowest BCUT2D eigenvalue weighted by atomic mass is 10.2. The van der Waals surface area contributed by atoms with E-state index in [-0.39, 0.29) is 17.5 Å². The van der Waals surface area contributed by atoms with Crippen LogP contribution in [0.4, 0.5) is 10.5 Å². The van der Waals surface area contributed by atoms with Crippen LogP contribution in [0.3, 0.4) is 0 Å².